The van der Waals surface area contributed by atoms with Crippen LogP contribution in [0.25, 0.3) is 0 Å². The van der Waals surface area contributed by atoms with E-state index in [1.54, 1.807) is 0 Å². The van der Waals surface area contributed by atoms with Crippen LogP contribution < -0.4 is 0 Å². The van der Waals surface area contributed by atoms with Gasteiger partial charge in [0, 0.05) is 0 Å². The molecule has 0 unspecified atom stereocenters. The molecule has 0 aromatic carbocycles. The minimum absolute atomic E-state index is 0.407. The van der Waals surface area contributed by atoms with E-state index in [4.69, 9.17) is 14.9 Å². The molecule has 0 aromatic heterocycles. The quantitative estimate of drug-likeness (QED) is 0.333. The van der Waals surface area contributed by atoms with Crippen LogP contribution in [0.2, 0.25) is 0 Å². The number of nitriles is 1. The maximum Gasteiger partial charge on any atom is 0.438 e. The van der Waals surface area contributed by atoms with Gasteiger partial charge < -0.3 is 5.11 Å². The van der Waals surface area contributed by atoms with E-state index in [1.807, 2.05) is 0 Å². The molecule has 0 aliphatic carbocycles. The van der Waals surface area contributed by atoms with Crippen LogP contribution >= 0.6 is 0 Å². The molecule has 2 N–H and O–H groups in total. The monoisotopic (exact) mass is 230 g/mol. The maximum atomic E-state index is 10.4. The summed E-state index contributed by atoms with van der Waals surface area (Å²) in [5.74, 6) is 0. The molecule has 0 saturated carbocycles. The largest absolute Gasteiger partial charge is 0.463 e. The van der Waals surface area contributed by atoms with Gasteiger partial charge in [0.1, 0.15) is 0 Å². The summed E-state index contributed by atoms with van der Waals surface area (Å²) in [5.41, 5.74) is 0. The van der Waals surface area contributed by atoms with E-state index in [-0.39, 0.29) is 0 Å². The number of hydrogen-bond acceptors (Lipinski definition) is 6. The molecular formula is C2H2N2O7S2. The fourth-order valence-electron chi connectivity index (χ4n) is 0.363. The lowest BCUT2D eigenvalue weighted by Gasteiger charge is -2.08. The first-order valence-corrected chi connectivity index (χ1v) is 5.13. The number of sulfonamides is 1. The Balaban J connectivity index is 5.65. The van der Waals surface area contributed by atoms with Gasteiger partial charge in [0.05, 0.1) is 0 Å². The highest BCUT2D eigenvalue weighted by Crippen LogP contribution is 2.06. The highest BCUT2D eigenvalue weighted by Gasteiger charge is 2.37. The molecule has 0 heterocycles. The zero-order chi connectivity index (χ0) is 10.9. The van der Waals surface area contributed by atoms with Crippen molar-refractivity contribution in [2.45, 2.75) is 0 Å². The second kappa shape index (κ2) is 3.17. The molecule has 0 aromatic rings. The minimum atomic E-state index is -5.51. The Bertz CT molecular complexity index is 451. The van der Waals surface area contributed by atoms with Crippen LogP contribution in [0.1, 0.15) is 0 Å². The van der Waals surface area contributed by atoms with Crippen molar-refractivity contribution in [3.8, 4) is 5.40 Å². The number of rotatable bonds is 2. The lowest BCUT2D eigenvalue weighted by Crippen LogP contribution is -2.39. The standard InChI is InChI=1S/C2H2N2O7S2/c3-1-12(7,8)4(2(5)6)13(9,10)11/h(H,5,6)(H,9,10,11). The first kappa shape index (κ1) is 11.6. The molecule has 0 aliphatic heterocycles. The van der Waals surface area contributed by atoms with E-state index in [1.165, 1.54) is 0 Å². The Labute approximate surface area is 72.7 Å². The molecule has 74 valence electrons. The number of thiocyanates is 1. The fraction of sp³-hybridized carbons (Fsp3) is 0. The third-order valence-electron chi connectivity index (χ3n) is 0.699. The summed E-state index contributed by atoms with van der Waals surface area (Å²) in [7, 11) is -10.7. The molecule has 0 radical (unpaired) electrons. The lowest BCUT2D eigenvalue weighted by molar-refractivity contribution is 0.185. The second-order valence-corrected chi connectivity index (χ2v) is 4.54. The van der Waals surface area contributed by atoms with Crippen LogP contribution in [-0.4, -0.2) is 36.3 Å². The summed E-state index contributed by atoms with van der Waals surface area (Å²) in [6.45, 7) is 0. The summed E-state index contributed by atoms with van der Waals surface area (Å²) in [4.78, 5) is 10.0. The summed E-state index contributed by atoms with van der Waals surface area (Å²) in [6, 6.07) is 0. The van der Waals surface area contributed by atoms with E-state index in [2.05, 4.69) is 0 Å². The smallest absolute Gasteiger partial charge is 0.438 e. The molecule has 0 bridgehead atoms. The van der Waals surface area contributed by atoms with E-state index in [0.29, 0.717) is 5.40 Å². The molecule has 1 amide bonds. The van der Waals surface area contributed by atoms with Crippen molar-refractivity contribution in [2.24, 2.45) is 0 Å². The van der Waals surface area contributed by atoms with Gasteiger partial charge in [-0.2, -0.15) is 22.1 Å². The molecule has 9 nitrogen and oxygen atoms in total. The molecule has 0 atom stereocenters. The average molecular weight is 230 g/mol. The van der Waals surface area contributed by atoms with Crippen molar-refractivity contribution in [2.75, 3.05) is 0 Å². The number of carbonyl (C=O) groups is 1. The van der Waals surface area contributed by atoms with Crippen molar-refractivity contribution in [3.05, 3.63) is 0 Å². The SMILES string of the molecule is N#CS(=O)(=O)N(C(=O)O)S(=O)(=O)O. The number of nitrogens with zero attached hydrogens (tertiary/aromatic N) is 2. The molecule has 0 aliphatic rings. The number of carboxylic acid groups (broad SMARTS) is 1. The molecule has 0 spiro atoms. The topological polar surface area (TPSA) is 153 Å². The van der Waals surface area contributed by atoms with Gasteiger partial charge in [-0.05, 0) is 0 Å². The first-order valence-electron chi connectivity index (χ1n) is 2.29. The van der Waals surface area contributed by atoms with Crippen molar-refractivity contribution in [1.82, 2.24) is 3.71 Å². The minimum Gasteiger partial charge on any atom is -0.463 e. The van der Waals surface area contributed by atoms with E-state index in [0.717, 1.165) is 0 Å². The van der Waals surface area contributed by atoms with Gasteiger partial charge in [-0.25, -0.2) is 4.79 Å². The van der Waals surface area contributed by atoms with E-state index in [9.17, 15) is 21.6 Å². The molecule has 0 saturated heterocycles. The van der Waals surface area contributed by atoms with Crippen LogP contribution in [0.3, 0.4) is 0 Å². The highest BCUT2D eigenvalue weighted by atomic mass is 32.3. The van der Waals surface area contributed by atoms with Crippen molar-refractivity contribution in [3.63, 3.8) is 0 Å². The summed E-state index contributed by atoms with van der Waals surface area (Å²) in [6.07, 6.45) is -2.50. The van der Waals surface area contributed by atoms with E-state index < -0.39 is 30.1 Å². The maximum absolute atomic E-state index is 10.4. The Morgan fingerprint density at radius 3 is 1.77 bits per heavy atom. The van der Waals surface area contributed by atoms with Gasteiger partial charge in [-0.15, -0.1) is 0 Å². The molecule has 0 rings (SSSR count). The number of amides is 1. The van der Waals surface area contributed by atoms with Gasteiger partial charge in [0.25, 0.3) is 0 Å². The summed E-state index contributed by atoms with van der Waals surface area (Å²) in [5, 5.41) is 16.3. The van der Waals surface area contributed by atoms with Crippen LogP contribution in [0.15, 0.2) is 0 Å². The molecular weight excluding hydrogens is 228 g/mol. The van der Waals surface area contributed by atoms with Crippen LogP contribution in [-0.2, 0) is 20.3 Å². The van der Waals surface area contributed by atoms with Crippen molar-refractivity contribution < 1.29 is 31.3 Å². The van der Waals surface area contributed by atoms with E-state index >= 15 is 0 Å². The van der Waals surface area contributed by atoms with Crippen LogP contribution in [0.4, 0.5) is 4.79 Å². The normalized spacial score (nSPS) is 11.7. The molecule has 0 fully saturated rings. The predicted octanol–water partition coefficient (Wildman–Crippen LogP) is -1.42. The Morgan fingerprint density at radius 1 is 1.31 bits per heavy atom. The lowest BCUT2D eigenvalue weighted by atomic mass is 11.3. The fourth-order valence-corrected chi connectivity index (χ4v) is 1.93. The third kappa shape index (κ3) is 2.54. The van der Waals surface area contributed by atoms with Gasteiger partial charge in [0.2, 0.25) is 5.40 Å². The van der Waals surface area contributed by atoms with Gasteiger partial charge >= 0.3 is 26.4 Å². The second-order valence-electron chi connectivity index (χ2n) is 1.55. The van der Waals surface area contributed by atoms with Gasteiger partial charge in [0.15, 0.2) is 0 Å². The predicted molar refractivity (Wildman–Crippen MR) is 35.9 cm³/mol. The molecule has 13 heavy (non-hydrogen) atoms. The zero-order valence-corrected chi connectivity index (χ0v) is 7.28. The Hall–Kier alpha value is -1.38. The Kier molecular flexibility index (Phi) is 2.83. The van der Waals surface area contributed by atoms with Crippen molar-refractivity contribution >= 4 is 26.4 Å². The molecule has 11 heteroatoms. The zero-order valence-electron chi connectivity index (χ0n) is 5.65. The van der Waals surface area contributed by atoms with Gasteiger partial charge in [-0.1, -0.05) is 3.71 Å². The van der Waals surface area contributed by atoms with Crippen LogP contribution in [0, 0.1) is 10.7 Å². The van der Waals surface area contributed by atoms with Gasteiger partial charge in [-0.3, -0.25) is 4.55 Å². The Morgan fingerprint density at radius 2 is 1.69 bits per heavy atom. The summed E-state index contributed by atoms with van der Waals surface area (Å²) >= 11 is 0. The third-order valence-corrected chi connectivity index (χ3v) is 3.25. The highest BCUT2D eigenvalue weighted by molar-refractivity contribution is 8.05. The average Bonchev–Trinajstić information content (AvgIpc) is 1.82. The van der Waals surface area contributed by atoms with Crippen LogP contribution in [0.5, 0.6) is 0 Å². The summed E-state index contributed by atoms with van der Waals surface area (Å²) < 4.78 is 47.9. The first-order chi connectivity index (χ1) is 5.63. The number of hydrogen-bond donors (Lipinski definition) is 2. The van der Waals surface area contributed by atoms with Crippen molar-refractivity contribution in [1.29, 1.82) is 5.26 Å².